The van der Waals surface area contributed by atoms with Gasteiger partial charge in [0.25, 0.3) is 0 Å². The smallest absolute Gasteiger partial charge is 0.399 e. The molecular weight excluding hydrogens is 253 g/mol. The molecule has 1 aromatic carbocycles. The van der Waals surface area contributed by atoms with Crippen molar-refractivity contribution in [2.45, 2.75) is 39.9 Å². The van der Waals surface area contributed by atoms with Gasteiger partial charge >= 0.3 is 6.18 Å². The molecule has 0 aliphatic heterocycles. The van der Waals surface area contributed by atoms with E-state index >= 15 is 0 Å². The molecule has 1 atom stereocenters. The Balaban J connectivity index is 3.28. The highest BCUT2D eigenvalue weighted by molar-refractivity contribution is 5.61. The van der Waals surface area contributed by atoms with Crippen molar-refractivity contribution < 1.29 is 13.2 Å². The van der Waals surface area contributed by atoms with Crippen molar-refractivity contribution in [1.82, 2.24) is 0 Å². The maximum Gasteiger partial charge on any atom is 0.418 e. The molecule has 5 heteroatoms. The molecule has 0 saturated carbocycles. The fourth-order valence-electron chi connectivity index (χ4n) is 1.88. The van der Waals surface area contributed by atoms with Gasteiger partial charge < -0.3 is 10.6 Å². The van der Waals surface area contributed by atoms with Crippen molar-refractivity contribution in [2.75, 3.05) is 17.7 Å². The minimum Gasteiger partial charge on any atom is -0.399 e. The maximum atomic E-state index is 13.1. The van der Waals surface area contributed by atoms with Gasteiger partial charge in [0.2, 0.25) is 0 Å². The minimum absolute atomic E-state index is 0.0442. The first-order valence-electron chi connectivity index (χ1n) is 6.14. The zero-order valence-electron chi connectivity index (χ0n) is 12.0. The van der Waals surface area contributed by atoms with Crippen molar-refractivity contribution in [2.24, 2.45) is 5.41 Å². The minimum atomic E-state index is -4.41. The molecule has 0 aromatic heterocycles. The van der Waals surface area contributed by atoms with E-state index in [-0.39, 0.29) is 22.8 Å². The third-order valence-electron chi connectivity index (χ3n) is 3.54. The Bertz CT molecular complexity index is 447. The molecule has 0 spiro atoms. The summed E-state index contributed by atoms with van der Waals surface area (Å²) in [5.74, 6) is 0. The second-order valence-corrected chi connectivity index (χ2v) is 5.93. The number of anilines is 2. The number of nitrogens with zero attached hydrogens (tertiary/aromatic N) is 1. The lowest BCUT2D eigenvalue weighted by atomic mass is 9.86. The molecule has 0 saturated heterocycles. The molecule has 1 unspecified atom stereocenters. The lowest BCUT2D eigenvalue weighted by Gasteiger charge is -2.38. The molecule has 0 aliphatic rings. The van der Waals surface area contributed by atoms with Crippen LogP contribution in [0.5, 0.6) is 0 Å². The van der Waals surface area contributed by atoms with Gasteiger partial charge in [-0.25, -0.2) is 0 Å². The van der Waals surface area contributed by atoms with Gasteiger partial charge in [0, 0.05) is 24.5 Å². The van der Waals surface area contributed by atoms with E-state index in [2.05, 4.69) is 0 Å². The van der Waals surface area contributed by atoms with Crippen LogP contribution in [0.2, 0.25) is 0 Å². The Hall–Kier alpha value is -1.39. The van der Waals surface area contributed by atoms with Gasteiger partial charge in [-0.3, -0.25) is 0 Å². The van der Waals surface area contributed by atoms with Crippen LogP contribution < -0.4 is 10.6 Å². The van der Waals surface area contributed by atoms with Crippen LogP contribution in [0.15, 0.2) is 18.2 Å². The second-order valence-electron chi connectivity index (χ2n) is 5.93. The Morgan fingerprint density at radius 3 is 2.11 bits per heavy atom. The molecular formula is C14H21F3N2. The fraction of sp³-hybridized carbons (Fsp3) is 0.571. The molecule has 0 heterocycles. The molecule has 1 aromatic rings. The van der Waals surface area contributed by atoms with Crippen LogP contribution in [0, 0.1) is 5.41 Å². The summed E-state index contributed by atoms with van der Waals surface area (Å²) in [6, 6.07) is 3.87. The Labute approximate surface area is 112 Å². The molecule has 0 aliphatic carbocycles. The molecule has 2 N–H and O–H groups in total. The van der Waals surface area contributed by atoms with E-state index in [1.54, 1.807) is 11.9 Å². The Morgan fingerprint density at radius 1 is 1.16 bits per heavy atom. The van der Waals surface area contributed by atoms with Crippen molar-refractivity contribution >= 4 is 11.4 Å². The van der Waals surface area contributed by atoms with E-state index < -0.39 is 11.7 Å². The number of benzene rings is 1. The predicted molar refractivity (Wildman–Crippen MR) is 73.2 cm³/mol. The summed E-state index contributed by atoms with van der Waals surface area (Å²) in [6.45, 7) is 7.91. The van der Waals surface area contributed by atoms with Gasteiger partial charge in [-0.1, -0.05) is 20.8 Å². The third kappa shape index (κ3) is 3.55. The summed E-state index contributed by atoms with van der Waals surface area (Å²) >= 11 is 0. The van der Waals surface area contributed by atoms with E-state index in [9.17, 15) is 13.2 Å². The summed E-state index contributed by atoms with van der Waals surface area (Å²) < 4.78 is 39.2. The highest BCUT2D eigenvalue weighted by Gasteiger charge is 2.36. The van der Waals surface area contributed by atoms with Crippen molar-refractivity contribution in [1.29, 1.82) is 0 Å². The predicted octanol–water partition coefficient (Wildman–Crippen LogP) is 4.16. The zero-order chi connectivity index (χ0) is 15.0. The van der Waals surface area contributed by atoms with E-state index in [1.807, 2.05) is 27.7 Å². The number of nitrogens with two attached hydrogens (primary N) is 1. The fourth-order valence-corrected chi connectivity index (χ4v) is 1.88. The third-order valence-corrected chi connectivity index (χ3v) is 3.54. The topological polar surface area (TPSA) is 29.3 Å². The molecule has 1 rings (SSSR count). The molecule has 0 radical (unpaired) electrons. The first-order chi connectivity index (χ1) is 8.44. The number of hydrogen-bond acceptors (Lipinski definition) is 2. The van der Waals surface area contributed by atoms with Crippen molar-refractivity contribution in [3.63, 3.8) is 0 Å². The van der Waals surface area contributed by atoms with Gasteiger partial charge in [-0.15, -0.1) is 0 Å². The number of hydrogen-bond donors (Lipinski definition) is 1. The van der Waals surface area contributed by atoms with Gasteiger partial charge in [0.15, 0.2) is 0 Å². The number of nitrogen functional groups attached to an aromatic ring is 1. The lowest BCUT2D eigenvalue weighted by molar-refractivity contribution is -0.137. The van der Waals surface area contributed by atoms with Gasteiger partial charge in [0.1, 0.15) is 0 Å². The van der Waals surface area contributed by atoms with E-state index in [0.717, 1.165) is 6.07 Å². The summed E-state index contributed by atoms with van der Waals surface area (Å²) in [5.41, 5.74) is 4.93. The first-order valence-corrected chi connectivity index (χ1v) is 6.14. The van der Waals surface area contributed by atoms with Gasteiger partial charge in [0.05, 0.1) is 5.56 Å². The van der Waals surface area contributed by atoms with E-state index in [0.29, 0.717) is 0 Å². The van der Waals surface area contributed by atoms with Crippen LogP contribution in [0.4, 0.5) is 24.5 Å². The quantitative estimate of drug-likeness (QED) is 0.820. The van der Waals surface area contributed by atoms with Crippen LogP contribution in [0.1, 0.15) is 33.3 Å². The summed E-state index contributed by atoms with van der Waals surface area (Å²) in [4.78, 5) is 1.66. The summed E-state index contributed by atoms with van der Waals surface area (Å²) in [5, 5.41) is 0. The summed E-state index contributed by atoms with van der Waals surface area (Å²) in [6.07, 6.45) is -4.41. The van der Waals surface area contributed by atoms with E-state index in [1.165, 1.54) is 12.1 Å². The standard InChI is InChI=1S/C14H21F3N2/c1-9(13(2,3)4)19(5)12-7-6-10(18)8-11(12)14(15,16)17/h6-9H,18H2,1-5H3. The Kier molecular flexibility index (Phi) is 4.08. The average molecular weight is 274 g/mol. The van der Waals surface area contributed by atoms with Crippen LogP contribution in [0.25, 0.3) is 0 Å². The Morgan fingerprint density at radius 2 is 1.68 bits per heavy atom. The second kappa shape index (κ2) is 4.94. The SMILES string of the molecule is CC(N(C)c1ccc(N)cc1C(F)(F)F)C(C)(C)C. The van der Waals surface area contributed by atoms with Crippen LogP contribution in [0.3, 0.4) is 0 Å². The first kappa shape index (κ1) is 15.7. The summed E-state index contributed by atoms with van der Waals surface area (Å²) in [7, 11) is 1.68. The number of rotatable bonds is 2. The molecule has 2 nitrogen and oxygen atoms in total. The van der Waals surface area contributed by atoms with Gasteiger partial charge in [-0.05, 0) is 30.5 Å². The average Bonchev–Trinajstić information content (AvgIpc) is 2.24. The highest BCUT2D eigenvalue weighted by atomic mass is 19.4. The van der Waals surface area contributed by atoms with Crippen LogP contribution >= 0.6 is 0 Å². The normalized spacial score (nSPS) is 14.3. The van der Waals surface area contributed by atoms with Crippen molar-refractivity contribution in [3.8, 4) is 0 Å². The molecule has 19 heavy (non-hydrogen) atoms. The van der Waals surface area contributed by atoms with Crippen molar-refractivity contribution in [3.05, 3.63) is 23.8 Å². The van der Waals surface area contributed by atoms with E-state index in [4.69, 9.17) is 5.73 Å². The number of alkyl halides is 3. The van der Waals surface area contributed by atoms with Crippen LogP contribution in [-0.4, -0.2) is 13.1 Å². The van der Waals surface area contributed by atoms with Gasteiger partial charge in [-0.2, -0.15) is 13.2 Å². The zero-order valence-corrected chi connectivity index (χ0v) is 12.0. The molecule has 0 amide bonds. The monoisotopic (exact) mass is 274 g/mol. The maximum absolute atomic E-state index is 13.1. The molecule has 0 fully saturated rings. The number of halogens is 3. The lowest BCUT2D eigenvalue weighted by Crippen LogP contribution is -2.40. The van der Waals surface area contributed by atoms with Crippen LogP contribution in [-0.2, 0) is 6.18 Å². The largest absolute Gasteiger partial charge is 0.418 e. The highest BCUT2D eigenvalue weighted by Crippen LogP contribution is 2.39. The molecule has 0 bridgehead atoms. The molecule has 108 valence electrons.